The molecule has 0 N–H and O–H groups in total. The van der Waals surface area contributed by atoms with Gasteiger partial charge >= 0.3 is 0 Å². The van der Waals surface area contributed by atoms with Crippen LogP contribution in [0.1, 0.15) is 38.3 Å². The van der Waals surface area contributed by atoms with E-state index in [0.29, 0.717) is 23.7 Å². The Morgan fingerprint density at radius 3 is 1.83 bits per heavy atom. The molecule has 1 unspecified atom stereocenters. The van der Waals surface area contributed by atoms with Gasteiger partial charge in [0.2, 0.25) is 0 Å². The van der Waals surface area contributed by atoms with Crippen LogP contribution in [0.3, 0.4) is 0 Å². The van der Waals surface area contributed by atoms with E-state index in [0.717, 1.165) is 17.2 Å². The number of hydrogen-bond acceptors (Lipinski definition) is 3. The Bertz CT molecular complexity index is 1610. The zero-order valence-corrected chi connectivity index (χ0v) is 26.8. The van der Waals surface area contributed by atoms with Crippen LogP contribution in [0.25, 0.3) is 6.08 Å². The zero-order chi connectivity index (χ0) is 29.8. The average molecular weight is 593 g/mol. The number of aliphatic imine (C=N–C) groups is 1. The molecule has 4 nitrogen and oxygen atoms in total. The number of sulfonamides is 1. The molecular formula is C36H40N2O2SSi. The van der Waals surface area contributed by atoms with Gasteiger partial charge in [-0.15, -0.1) is 0 Å². The van der Waals surface area contributed by atoms with Gasteiger partial charge in [0.25, 0.3) is 10.0 Å². The van der Waals surface area contributed by atoms with Gasteiger partial charge in [0.1, 0.15) is 13.9 Å². The number of benzene rings is 4. The van der Waals surface area contributed by atoms with E-state index in [9.17, 15) is 8.42 Å². The highest BCUT2D eigenvalue weighted by Crippen LogP contribution is 2.41. The van der Waals surface area contributed by atoms with E-state index in [1.807, 2.05) is 61.5 Å². The smallest absolute Gasteiger partial charge is 0.264 e. The van der Waals surface area contributed by atoms with Crippen LogP contribution >= 0.6 is 0 Å². The van der Waals surface area contributed by atoms with Crippen molar-refractivity contribution < 1.29 is 8.42 Å². The predicted molar refractivity (Wildman–Crippen MR) is 179 cm³/mol. The van der Waals surface area contributed by atoms with Crippen molar-refractivity contribution in [3.8, 4) is 0 Å². The van der Waals surface area contributed by atoms with Crippen molar-refractivity contribution in [1.82, 2.24) is 4.31 Å². The van der Waals surface area contributed by atoms with Gasteiger partial charge in [-0.2, -0.15) is 0 Å². The molecule has 1 heterocycles. The predicted octanol–water partition coefficient (Wildman–Crippen LogP) is 6.93. The highest BCUT2D eigenvalue weighted by atomic mass is 32.2. The van der Waals surface area contributed by atoms with Crippen molar-refractivity contribution in [2.24, 2.45) is 4.99 Å². The molecule has 1 aliphatic rings. The van der Waals surface area contributed by atoms with Crippen molar-refractivity contribution in [2.75, 3.05) is 6.54 Å². The quantitative estimate of drug-likeness (QED) is 0.208. The van der Waals surface area contributed by atoms with Gasteiger partial charge in [0.15, 0.2) is 0 Å². The summed E-state index contributed by atoms with van der Waals surface area (Å²) in [4.78, 5) is 5.54. The Balaban J connectivity index is 1.61. The first-order valence-electron chi connectivity index (χ1n) is 14.6. The molecule has 42 heavy (non-hydrogen) atoms. The summed E-state index contributed by atoms with van der Waals surface area (Å²) in [6, 6.07) is 39.7. The molecule has 0 spiro atoms. The fourth-order valence-corrected chi connectivity index (χ4v) is 13.3. The third kappa shape index (κ3) is 6.06. The first kappa shape index (κ1) is 29.7. The van der Waals surface area contributed by atoms with E-state index in [1.165, 1.54) is 14.7 Å². The van der Waals surface area contributed by atoms with Gasteiger partial charge < -0.3 is 0 Å². The summed E-state index contributed by atoms with van der Waals surface area (Å²) in [6.07, 6.45) is 4.50. The standard InChI is InChI=1S/C36H40N2O2SSi/c1-29-20-23-32(24-21-29)41(39,40)38-27-26-31(37-35(38)25-22-30-14-8-5-9-15-30)28-42(36(2,3)4,33-16-10-6-11-17-33)34-18-12-7-13-19-34/h5-25,31H,26-28H2,1-4H3/b25-22+. The Hall–Kier alpha value is -3.74. The van der Waals surface area contributed by atoms with Gasteiger partial charge in [0, 0.05) is 6.54 Å². The van der Waals surface area contributed by atoms with Gasteiger partial charge in [-0.25, -0.2) is 12.7 Å². The number of hydrogen-bond donors (Lipinski definition) is 0. The van der Waals surface area contributed by atoms with Crippen LogP contribution in [0, 0.1) is 6.92 Å². The van der Waals surface area contributed by atoms with Gasteiger partial charge in [-0.05, 0) is 48.2 Å². The van der Waals surface area contributed by atoms with E-state index < -0.39 is 18.1 Å². The SMILES string of the molecule is Cc1ccc(S(=O)(=O)N2CCC(C[Si](c3ccccc3)(c3ccccc3)C(C)(C)C)N=C2/C=C/c2ccccc2)cc1. The highest BCUT2D eigenvalue weighted by molar-refractivity contribution is 7.89. The van der Waals surface area contributed by atoms with Crippen LogP contribution in [0.4, 0.5) is 0 Å². The summed E-state index contributed by atoms with van der Waals surface area (Å²) >= 11 is 0. The minimum Gasteiger partial charge on any atom is -0.264 e. The molecular weight excluding hydrogens is 553 g/mol. The van der Waals surface area contributed by atoms with Gasteiger partial charge in [0.05, 0.1) is 10.9 Å². The maximum atomic E-state index is 13.9. The lowest BCUT2D eigenvalue weighted by Gasteiger charge is -2.46. The topological polar surface area (TPSA) is 49.7 Å². The molecule has 0 saturated heterocycles. The van der Waals surface area contributed by atoms with Crippen LogP contribution in [0.2, 0.25) is 11.1 Å². The van der Waals surface area contributed by atoms with Crippen LogP contribution in [-0.2, 0) is 10.0 Å². The summed E-state index contributed by atoms with van der Waals surface area (Å²) in [5.41, 5.74) is 2.03. The van der Waals surface area contributed by atoms with Crippen LogP contribution in [0.5, 0.6) is 0 Å². The first-order chi connectivity index (χ1) is 20.1. The Labute approximate surface area is 252 Å². The normalized spacial score (nSPS) is 16.4. The number of amidine groups is 1. The minimum absolute atomic E-state index is 0.00359. The average Bonchev–Trinajstić information content (AvgIpc) is 3.00. The Kier molecular flexibility index (Phi) is 8.67. The lowest BCUT2D eigenvalue weighted by atomic mass is 10.2. The van der Waals surface area contributed by atoms with Crippen LogP contribution < -0.4 is 10.4 Å². The molecule has 4 aromatic rings. The van der Waals surface area contributed by atoms with Crippen molar-refractivity contribution in [2.45, 2.75) is 56.1 Å². The van der Waals surface area contributed by atoms with E-state index in [1.54, 1.807) is 12.1 Å². The van der Waals surface area contributed by atoms with Crippen LogP contribution in [0.15, 0.2) is 131 Å². The maximum Gasteiger partial charge on any atom is 0.265 e. The molecule has 216 valence electrons. The van der Waals surface area contributed by atoms with Crippen molar-refractivity contribution in [3.05, 3.63) is 132 Å². The Morgan fingerprint density at radius 2 is 1.31 bits per heavy atom. The summed E-state index contributed by atoms with van der Waals surface area (Å²) in [5, 5.41) is 2.76. The largest absolute Gasteiger partial charge is 0.265 e. The lowest BCUT2D eigenvalue weighted by Crippen LogP contribution is -2.65. The summed E-state index contributed by atoms with van der Waals surface area (Å²) in [6.45, 7) is 9.42. The van der Waals surface area contributed by atoms with Crippen molar-refractivity contribution >= 4 is 40.4 Å². The fraction of sp³-hybridized carbons (Fsp3) is 0.250. The van der Waals surface area contributed by atoms with Crippen molar-refractivity contribution in [1.29, 1.82) is 0 Å². The molecule has 0 amide bonds. The highest BCUT2D eigenvalue weighted by Gasteiger charge is 2.49. The zero-order valence-electron chi connectivity index (χ0n) is 24.9. The minimum atomic E-state index is -3.77. The molecule has 0 radical (unpaired) electrons. The lowest BCUT2D eigenvalue weighted by molar-refractivity contribution is 0.470. The second-order valence-corrected chi connectivity index (χ2v) is 18.9. The van der Waals surface area contributed by atoms with Crippen LogP contribution in [-0.4, -0.2) is 39.2 Å². The summed E-state index contributed by atoms with van der Waals surface area (Å²) in [7, 11) is -6.16. The molecule has 0 saturated carbocycles. The van der Waals surface area contributed by atoms with E-state index >= 15 is 0 Å². The molecule has 0 aromatic heterocycles. The Morgan fingerprint density at radius 1 is 0.786 bits per heavy atom. The van der Waals surface area contributed by atoms with E-state index in [-0.39, 0.29) is 11.1 Å². The van der Waals surface area contributed by atoms with Crippen molar-refractivity contribution in [3.63, 3.8) is 0 Å². The summed E-state index contributed by atoms with van der Waals surface area (Å²) < 4.78 is 29.4. The number of nitrogens with zero attached hydrogens (tertiary/aromatic N) is 2. The summed E-state index contributed by atoms with van der Waals surface area (Å²) in [5.74, 6) is 0.494. The molecule has 6 heteroatoms. The maximum absolute atomic E-state index is 13.9. The van der Waals surface area contributed by atoms with E-state index in [4.69, 9.17) is 4.99 Å². The molecule has 4 aromatic carbocycles. The second-order valence-electron chi connectivity index (χ2n) is 12.2. The molecule has 1 aliphatic heterocycles. The molecule has 0 aliphatic carbocycles. The molecule has 1 atom stereocenters. The number of aryl methyl sites for hydroxylation is 1. The molecule has 0 fully saturated rings. The molecule has 5 rings (SSSR count). The third-order valence-corrected chi connectivity index (χ3v) is 16.5. The molecule has 0 bridgehead atoms. The van der Waals surface area contributed by atoms with Gasteiger partial charge in [-0.1, -0.05) is 146 Å². The monoisotopic (exact) mass is 592 g/mol. The second kappa shape index (κ2) is 12.2. The third-order valence-electron chi connectivity index (χ3n) is 8.42. The first-order valence-corrected chi connectivity index (χ1v) is 18.3. The fourth-order valence-electron chi connectivity index (χ4n) is 6.16. The van der Waals surface area contributed by atoms with Gasteiger partial charge in [-0.3, -0.25) is 4.99 Å². The van der Waals surface area contributed by atoms with E-state index in [2.05, 4.69) is 81.4 Å². The number of rotatable bonds is 8.